The molecule has 100 valence electrons. The van der Waals surface area contributed by atoms with E-state index in [1.165, 1.54) is 18.9 Å². The Balaban J connectivity index is 1.84. The number of hydrogen-bond acceptors (Lipinski definition) is 3. The van der Waals surface area contributed by atoms with Gasteiger partial charge in [0.25, 0.3) is 0 Å². The molecule has 2 rings (SSSR count). The van der Waals surface area contributed by atoms with Crippen molar-refractivity contribution in [1.29, 1.82) is 0 Å². The fraction of sp³-hybridized carbons (Fsp3) is 0.571. The predicted molar refractivity (Wildman–Crippen MR) is 68.2 cm³/mol. The molecule has 0 spiro atoms. The van der Waals surface area contributed by atoms with Crippen LogP contribution >= 0.6 is 0 Å². The van der Waals surface area contributed by atoms with Crippen LogP contribution in [-0.4, -0.2) is 26.4 Å². The summed E-state index contributed by atoms with van der Waals surface area (Å²) < 4.78 is 23.8. The van der Waals surface area contributed by atoms with Crippen LogP contribution in [0.1, 0.15) is 24.8 Å². The summed E-state index contributed by atoms with van der Waals surface area (Å²) in [4.78, 5) is 0. The highest BCUT2D eigenvalue weighted by atomic mass is 19.1. The van der Waals surface area contributed by atoms with Crippen molar-refractivity contribution in [2.24, 2.45) is 0 Å². The van der Waals surface area contributed by atoms with Gasteiger partial charge in [0.05, 0.1) is 6.61 Å². The SMILES string of the molecule is COCCCOc1cc(F)cc(CNC2CC2)c1. The van der Waals surface area contributed by atoms with E-state index in [0.717, 1.165) is 12.0 Å². The van der Waals surface area contributed by atoms with Crippen molar-refractivity contribution in [3.05, 3.63) is 29.6 Å². The summed E-state index contributed by atoms with van der Waals surface area (Å²) in [5.74, 6) is 0.352. The zero-order valence-electron chi connectivity index (χ0n) is 10.7. The summed E-state index contributed by atoms with van der Waals surface area (Å²) in [5.41, 5.74) is 0.934. The molecule has 1 saturated carbocycles. The molecule has 0 heterocycles. The van der Waals surface area contributed by atoms with Gasteiger partial charge in [-0.1, -0.05) is 0 Å². The molecule has 1 aliphatic carbocycles. The zero-order chi connectivity index (χ0) is 12.8. The van der Waals surface area contributed by atoms with E-state index < -0.39 is 0 Å². The standard InChI is InChI=1S/C14H20FNO2/c1-17-5-2-6-18-14-8-11(7-12(15)9-14)10-16-13-3-4-13/h7-9,13,16H,2-6,10H2,1H3. The summed E-state index contributed by atoms with van der Waals surface area (Å²) in [5, 5.41) is 3.36. The number of nitrogens with one attached hydrogen (secondary N) is 1. The quantitative estimate of drug-likeness (QED) is 0.722. The summed E-state index contributed by atoms with van der Waals surface area (Å²) in [6.07, 6.45) is 3.27. The molecule has 3 nitrogen and oxygen atoms in total. The number of hydrogen-bond donors (Lipinski definition) is 1. The van der Waals surface area contributed by atoms with E-state index in [1.807, 2.05) is 6.07 Å². The molecular weight excluding hydrogens is 233 g/mol. The summed E-state index contributed by atoms with van der Waals surface area (Å²) in [6.45, 7) is 1.91. The normalized spacial score (nSPS) is 14.8. The maximum absolute atomic E-state index is 13.4. The minimum Gasteiger partial charge on any atom is -0.493 e. The summed E-state index contributed by atoms with van der Waals surface area (Å²) in [7, 11) is 1.66. The second-order valence-electron chi connectivity index (χ2n) is 4.65. The van der Waals surface area contributed by atoms with E-state index in [1.54, 1.807) is 13.2 Å². The van der Waals surface area contributed by atoms with Crippen LogP contribution in [0.2, 0.25) is 0 Å². The minimum absolute atomic E-state index is 0.244. The van der Waals surface area contributed by atoms with Gasteiger partial charge in [0.15, 0.2) is 0 Å². The summed E-state index contributed by atoms with van der Waals surface area (Å²) >= 11 is 0. The maximum atomic E-state index is 13.4. The van der Waals surface area contributed by atoms with Gasteiger partial charge in [-0.3, -0.25) is 0 Å². The van der Waals surface area contributed by atoms with Crippen LogP contribution in [0.25, 0.3) is 0 Å². The largest absolute Gasteiger partial charge is 0.493 e. The Morgan fingerprint density at radius 3 is 2.83 bits per heavy atom. The molecule has 1 aromatic rings. The van der Waals surface area contributed by atoms with Crippen LogP contribution < -0.4 is 10.1 Å². The van der Waals surface area contributed by atoms with Gasteiger partial charge in [0.2, 0.25) is 0 Å². The van der Waals surface area contributed by atoms with Crippen LogP contribution in [-0.2, 0) is 11.3 Å². The molecule has 4 heteroatoms. The molecule has 1 fully saturated rings. The van der Waals surface area contributed by atoms with Crippen molar-refractivity contribution in [3.8, 4) is 5.75 Å². The van der Waals surface area contributed by atoms with Gasteiger partial charge in [-0.25, -0.2) is 4.39 Å². The first-order valence-corrected chi connectivity index (χ1v) is 6.42. The van der Waals surface area contributed by atoms with Crippen LogP contribution in [0.4, 0.5) is 4.39 Å². The minimum atomic E-state index is -0.244. The Hall–Kier alpha value is -1.13. The van der Waals surface area contributed by atoms with Gasteiger partial charge in [0.1, 0.15) is 11.6 Å². The van der Waals surface area contributed by atoms with Crippen molar-refractivity contribution >= 4 is 0 Å². The highest BCUT2D eigenvalue weighted by Crippen LogP contribution is 2.21. The third kappa shape index (κ3) is 4.63. The summed E-state index contributed by atoms with van der Waals surface area (Å²) in [6, 6.07) is 5.50. The molecule has 0 aromatic heterocycles. The first-order valence-electron chi connectivity index (χ1n) is 6.42. The Kier molecular flexibility index (Phi) is 4.96. The first-order chi connectivity index (χ1) is 8.78. The highest BCUT2D eigenvalue weighted by Gasteiger charge is 2.20. The highest BCUT2D eigenvalue weighted by molar-refractivity contribution is 5.29. The van der Waals surface area contributed by atoms with Crippen LogP contribution in [0.3, 0.4) is 0 Å². The number of methoxy groups -OCH3 is 1. The molecule has 18 heavy (non-hydrogen) atoms. The molecule has 1 N–H and O–H groups in total. The Bertz CT molecular complexity index is 380. The van der Waals surface area contributed by atoms with Crippen molar-refractivity contribution in [3.63, 3.8) is 0 Å². The van der Waals surface area contributed by atoms with Gasteiger partial charge >= 0.3 is 0 Å². The molecule has 0 amide bonds. The molecule has 1 aliphatic rings. The van der Waals surface area contributed by atoms with E-state index in [4.69, 9.17) is 9.47 Å². The topological polar surface area (TPSA) is 30.5 Å². The molecule has 0 atom stereocenters. The first kappa shape index (κ1) is 13.3. The van der Waals surface area contributed by atoms with Gasteiger partial charge in [-0.15, -0.1) is 0 Å². The lowest BCUT2D eigenvalue weighted by Crippen LogP contribution is -2.15. The third-order valence-electron chi connectivity index (χ3n) is 2.86. The average Bonchev–Trinajstić information content (AvgIpc) is 3.16. The Morgan fingerprint density at radius 2 is 2.11 bits per heavy atom. The van der Waals surface area contributed by atoms with E-state index in [0.29, 0.717) is 31.5 Å². The number of benzene rings is 1. The lowest BCUT2D eigenvalue weighted by Gasteiger charge is -2.09. The molecular formula is C14H20FNO2. The molecule has 0 saturated heterocycles. The third-order valence-corrected chi connectivity index (χ3v) is 2.86. The van der Waals surface area contributed by atoms with Gasteiger partial charge < -0.3 is 14.8 Å². The van der Waals surface area contributed by atoms with Gasteiger partial charge in [0, 0.05) is 38.8 Å². The van der Waals surface area contributed by atoms with E-state index in [-0.39, 0.29) is 5.82 Å². The number of ether oxygens (including phenoxy) is 2. The van der Waals surface area contributed by atoms with E-state index in [9.17, 15) is 4.39 Å². The number of rotatable bonds is 8. The fourth-order valence-electron chi connectivity index (χ4n) is 1.75. The van der Waals surface area contributed by atoms with Crippen LogP contribution in [0.15, 0.2) is 18.2 Å². The predicted octanol–water partition coefficient (Wildman–Crippen LogP) is 2.49. The maximum Gasteiger partial charge on any atom is 0.127 e. The second-order valence-corrected chi connectivity index (χ2v) is 4.65. The van der Waals surface area contributed by atoms with Crippen molar-refractivity contribution in [2.75, 3.05) is 20.3 Å². The number of halogens is 1. The monoisotopic (exact) mass is 253 g/mol. The Labute approximate surface area is 107 Å². The van der Waals surface area contributed by atoms with E-state index >= 15 is 0 Å². The molecule has 0 bridgehead atoms. The van der Waals surface area contributed by atoms with E-state index in [2.05, 4.69) is 5.32 Å². The van der Waals surface area contributed by atoms with Gasteiger partial charge in [-0.2, -0.15) is 0 Å². The van der Waals surface area contributed by atoms with Crippen LogP contribution in [0.5, 0.6) is 5.75 Å². The molecule has 0 unspecified atom stereocenters. The fourth-order valence-corrected chi connectivity index (χ4v) is 1.75. The molecule has 0 radical (unpaired) electrons. The Morgan fingerprint density at radius 1 is 1.28 bits per heavy atom. The smallest absolute Gasteiger partial charge is 0.127 e. The molecule has 1 aromatic carbocycles. The second kappa shape index (κ2) is 6.71. The van der Waals surface area contributed by atoms with Gasteiger partial charge in [-0.05, 0) is 30.5 Å². The van der Waals surface area contributed by atoms with Crippen molar-refractivity contribution in [1.82, 2.24) is 5.32 Å². The average molecular weight is 253 g/mol. The van der Waals surface area contributed by atoms with Crippen LogP contribution in [0, 0.1) is 5.82 Å². The lowest BCUT2D eigenvalue weighted by atomic mass is 10.2. The molecule has 0 aliphatic heterocycles. The zero-order valence-corrected chi connectivity index (χ0v) is 10.7. The lowest BCUT2D eigenvalue weighted by molar-refractivity contribution is 0.172. The van der Waals surface area contributed by atoms with Crippen molar-refractivity contribution in [2.45, 2.75) is 31.8 Å². The van der Waals surface area contributed by atoms with Crippen molar-refractivity contribution < 1.29 is 13.9 Å².